The molecule has 1 nitrogen and oxygen atoms in total. The maximum atomic E-state index is 6.53. The molecule has 1 atom stereocenters. The standard InChI is InChI=1S/C18H27ClO/c1-2-3-4-5-6-7-8-9-18(19)15-10-11-16-13-20-14-17(16)12-15/h10-12,18H,2-9,13-14H2,1H3. The fraction of sp³-hybridized carbons (Fsp3) is 0.667. The van der Waals surface area contributed by atoms with E-state index in [1.807, 2.05) is 0 Å². The highest BCUT2D eigenvalue weighted by Crippen LogP contribution is 2.30. The quantitative estimate of drug-likeness (QED) is 0.393. The summed E-state index contributed by atoms with van der Waals surface area (Å²) in [5.41, 5.74) is 3.92. The zero-order valence-electron chi connectivity index (χ0n) is 12.7. The molecule has 0 aromatic heterocycles. The smallest absolute Gasteiger partial charge is 0.0725 e. The summed E-state index contributed by atoms with van der Waals surface area (Å²) in [4.78, 5) is 0. The number of halogens is 1. The number of benzene rings is 1. The molecular formula is C18H27ClO. The first-order chi connectivity index (χ1) is 9.81. The van der Waals surface area contributed by atoms with Gasteiger partial charge in [-0.1, -0.05) is 70.1 Å². The van der Waals surface area contributed by atoms with Gasteiger partial charge in [-0.25, -0.2) is 0 Å². The van der Waals surface area contributed by atoms with Crippen LogP contribution in [0.25, 0.3) is 0 Å². The molecule has 0 radical (unpaired) electrons. The van der Waals surface area contributed by atoms with Gasteiger partial charge in [-0.2, -0.15) is 0 Å². The van der Waals surface area contributed by atoms with Gasteiger partial charge in [0.25, 0.3) is 0 Å². The minimum Gasteiger partial charge on any atom is -0.372 e. The Bertz CT molecular complexity index is 402. The normalized spacial score (nSPS) is 15.3. The number of ether oxygens (including phenoxy) is 1. The molecule has 1 aliphatic rings. The fourth-order valence-corrected chi connectivity index (χ4v) is 3.12. The molecule has 2 heteroatoms. The second-order valence-corrected chi connectivity index (χ2v) is 6.43. The molecule has 2 rings (SSSR count). The van der Waals surface area contributed by atoms with Crippen molar-refractivity contribution >= 4 is 11.6 Å². The van der Waals surface area contributed by atoms with Crippen LogP contribution in [0.5, 0.6) is 0 Å². The van der Waals surface area contributed by atoms with Crippen molar-refractivity contribution in [1.82, 2.24) is 0 Å². The Kier molecular flexibility index (Phi) is 6.89. The van der Waals surface area contributed by atoms with Gasteiger partial charge in [-0.05, 0) is 23.1 Å². The van der Waals surface area contributed by atoms with Crippen molar-refractivity contribution in [3.05, 3.63) is 34.9 Å². The molecule has 0 spiro atoms. The van der Waals surface area contributed by atoms with Crippen LogP contribution < -0.4 is 0 Å². The largest absolute Gasteiger partial charge is 0.372 e. The van der Waals surface area contributed by atoms with E-state index in [-0.39, 0.29) is 5.38 Å². The van der Waals surface area contributed by atoms with Crippen molar-refractivity contribution in [2.24, 2.45) is 0 Å². The van der Waals surface area contributed by atoms with Crippen LogP contribution in [0.15, 0.2) is 18.2 Å². The summed E-state index contributed by atoms with van der Waals surface area (Å²) in [6.07, 6.45) is 10.5. The van der Waals surface area contributed by atoms with Gasteiger partial charge >= 0.3 is 0 Å². The van der Waals surface area contributed by atoms with E-state index >= 15 is 0 Å². The molecule has 1 heterocycles. The zero-order chi connectivity index (χ0) is 14.2. The number of rotatable bonds is 9. The summed E-state index contributed by atoms with van der Waals surface area (Å²) in [5, 5.41) is 0.163. The molecule has 1 aromatic rings. The number of fused-ring (bicyclic) bond motifs is 1. The van der Waals surface area contributed by atoms with Crippen molar-refractivity contribution in [2.45, 2.75) is 76.9 Å². The maximum Gasteiger partial charge on any atom is 0.0725 e. The van der Waals surface area contributed by atoms with Gasteiger partial charge in [0.15, 0.2) is 0 Å². The predicted molar refractivity (Wildman–Crippen MR) is 86.1 cm³/mol. The molecular weight excluding hydrogens is 268 g/mol. The van der Waals surface area contributed by atoms with Gasteiger partial charge in [0, 0.05) is 0 Å². The first-order valence-corrected chi connectivity index (χ1v) is 8.58. The highest BCUT2D eigenvalue weighted by Gasteiger charge is 2.14. The third-order valence-electron chi connectivity index (χ3n) is 4.17. The summed E-state index contributed by atoms with van der Waals surface area (Å²) >= 11 is 6.53. The molecule has 1 unspecified atom stereocenters. The highest BCUT2D eigenvalue weighted by molar-refractivity contribution is 6.20. The van der Waals surface area contributed by atoms with Crippen LogP contribution in [-0.4, -0.2) is 0 Å². The summed E-state index contributed by atoms with van der Waals surface area (Å²) in [5.74, 6) is 0. The summed E-state index contributed by atoms with van der Waals surface area (Å²) in [6.45, 7) is 3.78. The average Bonchev–Trinajstić information content (AvgIpc) is 2.93. The predicted octanol–water partition coefficient (Wildman–Crippen LogP) is 6.14. The molecule has 0 amide bonds. The lowest BCUT2D eigenvalue weighted by Gasteiger charge is -2.11. The SMILES string of the molecule is CCCCCCCCCC(Cl)c1ccc2c(c1)COC2. The molecule has 0 saturated carbocycles. The van der Waals surface area contributed by atoms with Gasteiger partial charge in [-0.3, -0.25) is 0 Å². The number of alkyl halides is 1. The lowest BCUT2D eigenvalue weighted by molar-refractivity contribution is 0.134. The van der Waals surface area contributed by atoms with Crippen molar-refractivity contribution in [3.8, 4) is 0 Å². The monoisotopic (exact) mass is 294 g/mol. The maximum absolute atomic E-state index is 6.53. The Morgan fingerprint density at radius 3 is 2.50 bits per heavy atom. The average molecular weight is 295 g/mol. The van der Waals surface area contributed by atoms with E-state index in [0.29, 0.717) is 0 Å². The number of unbranched alkanes of at least 4 members (excludes halogenated alkanes) is 6. The molecule has 0 aliphatic carbocycles. The van der Waals surface area contributed by atoms with E-state index in [4.69, 9.17) is 16.3 Å². The minimum absolute atomic E-state index is 0.163. The van der Waals surface area contributed by atoms with Gasteiger partial charge in [0.05, 0.1) is 18.6 Å². The summed E-state index contributed by atoms with van der Waals surface area (Å²) in [7, 11) is 0. The molecule has 1 aromatic carbocycles. The van der Waals surface area contributed by atoms with Gasteiger partial charge < -0.3 is 4.74 Å². The first-order valence-electron chi connectivity index (χ1n) is 8.14. The fourth-order valence-electron chi connectivity index (χ4n) is 2.83. The summed E-state index contributed by atoms with van der Waals surface area (Å²) < 4.78 is 5.45. The number of hydrogen-bond donors (Lipinski definition) is 0. The Morgan fingerprint density at radius 2 is 1.70 bits per heavy atom. The zero-order valence-corrected chi connectivity index (χ0v) is 13.4. The van der Waals surface area contributed by atoms with Crippen molar-refractivity contribution in [2.75, 3.05) is 0 Å². The van der Waals surface area contributed by atoms with Crippen LogP contribution in [0.1, 0.15) is 80.4 Å². The van der Waals surface area contributed by atoms with Gasteiger partial charge in [0.2, 0.25) is 0 Å². The lowest BCUT2D eigenvalue weighted by Crippen LogP contribution is -1.93. The Balaban J connectivity index is 1.66. The van der Waals surface area contributed by atoms with Gasteiger partial charge in [0.1, 0.15) is 0 Å². The molecule has 0 N–H and O–H groups in total. The van der Waals surface area contributed by atoms with Gasteiger partial charge in [-0.15, -0.1) is 11.6 Å². The van der Waals surface area contributed by atoms with E-state index in [1.54, 1.807) is 0 Å². The highest BCUT2D eigenvalue weighted by atomic mass is 35.5. The lowest BCUT2D eigenvalue weighted by atomic mass is 10.0. The van der Waals surface area contributed by atoms with Crippen LogP contribution in [0.2, 0.25) is 0 Å². The minimum atomic E-state index is 0.163. The number of hydrogen-bond acceptors (Lipinski definition) is 1. The third-order valence-corrected chi connectivity index (χ3v) is 4.64. The third kappa shape index (κ3) is 4.79. The molecule has 20 heavy (non-hydrogen) atoms. The van der Waals surface area contributed by atoms with E-state index in [0.717, 1.165) is 19.6 Å². The Morgan fingerprint density at radius 1 is 1.00 bits per heavy atom. The van der Waals surface area contributed by atoms with Crippen LogP contribution in [-0.2, 0) is 18.0 Å². The molecule has 112 valence electrons. The van der Waals surface area contributed by atoms with Crippen LogP contribution in [0, 0.1) is 0 Å². The second-order valence-electron chi connectivity index (χ2n) is 5.90. The Labute approximate surface area is 128 Å². The van der Waals surface area contributed by atoms with Crippen molar-refractivity contribution in [3.63, 3.8) is 0 Å². The van der Waals surface area contributed by atoms with E-state index in [2.05, 4.69) is 25.1 Å². The van der Waals surface area contributed by atoms with Crippen LogP contribution >= 0.6 is 11.6 Å². The molecule has 0 saturated heterocycles. The van der Waals surface area contributed by atoms with E-state index < -0.39 is 0 Å². The van der Waals surface area contributed by atoms with Crippen LogP contribution in [0.4, 0.5) is 0 Å². The van der Waals surface area contributed by atoms with E-state index in [9.17, 15) is 0 Å². The Hall–Kier alpha value is -0.530. The molecule has 0 fully saturated rings. The topological polar surface area (TPSA) is 9.23 Å². The molecule has 1 aliphatic heterocycles. The summed E-state index contributed by atoms with van der Waals surface area (Å²) in [6, 6.07) is 6.59. The molecule has 0 bridgehead atoms. The second kappa shape index (κ2) is 8.69. The van der Waals surface area contributed by atoms with Crippen LogP contribution in [0.3, 0.4) is 0 Å². The van der Waals surface area contributed by atoms with Crippen molar-refractivity contribution in [1.29, 1.82) is 0 Å². The van der Waals surface area contributed by atoms with Crippen molar-refractivity contribution < 1.29 is 4.74 Å². The van der Waals surface area contributed by atoms with E-state index in [1.165, 1.54) is 61.6 Å². The first kappa shape index (κ1) is 15.9.